The Morgan fingerprint density at radius 1 is 1.38 bits per heavy atom. The third-order valence-corrected chi connectivity index (χ3v) is 3.89. The van der Waals surface area contributed by atoms with Crippen LogP contribution in [0, 0.1) is 11.8 Å². The number of nitrogens with zero attached hydrogens (tertiary/aromatic N) is 1. The molecule has 4 atom stereocenters. The van der Waals surface area contributed by atoms with Crippen molar-refractivity contribution in [1.29, 1.82) is 0 Å². The molecule has 76 valence electrons. The molecule has 0 amide bonds. The molecule has 0 aromatic heterocycles. The molecule has 2 N–H and O–H groups in total. The van der Waals surface area contributed by atoms with Crippen LogP contribution in [0.25, 0.3) is 0 Å². The lowest BCUT2D eigenvalue weighted by Crippen LogP contribution is -2.35. The summed E-state index contributed by atoms with van der Waals surface area (Å²) >= 11 is 0. The van der Waals surface area contributed by atoms with Crippen LogP contribution in [0.3, 0.4) is 0 Å². The van der Waals surface area contributed by atoms with Gasteiger partial charge in [-0.15, -0.1) is 0 Å². The summed E-state index contributed by atoms with van der Waals surface area (Å²) in [4.78, 5) is 2.63. The zero-order chi connectivity index (χ0) is 9.42. The topological polar surface area (TPSA) is 29.3 Å². The van der Waals surface area contributed by atoms with E-state index in [1.807, 2.05) is 0 Å². The summed E-state index contributed by atoms with van der Waals surface area (Å²) in [5.74, 6) is 1.70. The molecule has 1 aliphatic heterocycles. The molecule has 0 spiro atoms. The first-order valence-corrected chi connectivity index (χ1v) is 5.73. The molecule has 2 heteroatoms. The van der Waals surface area contributed by atoms with Gasteiger partial charge in [-0.05, 0) is 25.2 Å². The minimum atomic E-state index is 0.551. The van der Waals surface area contributed by atoms with Gasteiger partial charge in [0.15, 0.2) is 0 Å². The lowest BCUT2D eigenvalue weighted by atomic mass is 10.1. The third kappa shape index (κ3) is 1.75. The maximum atomic E-state index is 5.91. The summed E-state index contributed by atoms with van der Waals surface area (Å²) in [5.41, 5.74) is 5.91. The van der Waals surface area contributed by atoms with Crippen molar-refractivity contribution in [2.75, 3.05) is 13.1 Å². The van der Waals surface area contributed by atoms with Crippen LogP contribution in [0.1, 0.15) is 33.1 Å². The van der Waals surface area contributed by atoms with E-state index >= 15 is 0 Å². The first kappa shape index (κ1) is 9.47. The second kappa shape index (κ2) is 3.58. The highest BCUT2D eigenvalue weighted by molar-refractivity contribution is 5.09. The van der Waals surface area contributed by atoms with Crippen molar-refractivity contribution in [3.05, 3.63) is 0 Å². The van der Waals surface area contributed by atoms with E-state index in [-0.39, 0.29) is 0 Å². The molecular weight excluding hydrogens is 160 g/mol. The maximum absolute atomic E-state index is 5.91. The Kier molecular flexibility index (Phi) is 2.61. The zero-order valence-corrected chi connectivity index (χ0v) is 8.87. The van der Waals surface area contributed by atoms with Crippen LogP contribution >= 0.6 is 0 Å². The van der Waals surface area contributed by atoms with Crippen LogP contribution < -0.4 is 5.73 Å². The minimum absolute atomic E-state index is 0.551. The second-order valence-corrected chi connectivity index (χ2v) is 4.85. The molecule has 1 aliphatic carbocycles. The quantitative estimate of drug-likeness (QED) is 0.713. The predicted octanol–water partition coefficient (Wildman–Crippen LogP) is 1.45. The number of rotatable bonds is 4. The molecule has 0 radical (unpaired) electrons. The van der Waals surface area contributed by atoms with Crippen LogP contribution in [-0.2, 0) is 0 Å². The van der Waals surface area contributed by atoms with E-state index in [1.165, 1.54) is 32.4 Å². The van der Waals surface area contributed by atoms with E-state index in [9.17, 15) is 0 Å². The first-order chi connectivity index (χ1) is 6.24. The van der Waals surface area contributed by atoms with E-state index in [0.29, 0.717) is 6.04 Å². The van der Waals surface area contributed by atoms with Crippen LogP contribution in [-0.4, -0.2) is 30.1 Å². The van der Waals surface area contributed by atoms with Gasteiger partial charge < -0.3 is 5.73 Å². The SMILES string of the molecule is CCCCC(C)N1C[C@@H]2C(N)[C@@H]2C1. The van der Waals surface area contributed by atoms with Crippen LogP contribution in [0.15, 0.2) is 0 Å². The van der Waals surface area contributed by atoms with Gasteiger partial charge in [-0.3, -0.25) is 4.90 Å². The van der Waals surface area contributed by atoms with E-state index in [4.69, 9.17) is 5.73 Å². The smallest absolute Gasteiger partial charge is 0.0127 e. The Hall–Kier alpha value is -0.0800. The molecular formula is C11H22N2. The van der Waals surface area contributed by atoms with E-state index in [0.717, 1.165) is 17.9 Å². The molecule has 0 aromatic rings. The monoisotopic (exact) mass is 182 g/mol. The van der Waals surface area contributed by atoms with Gasteiger partial charge in [0.1, 0.15) is 0 Å². The van der Waals surface area contributed by atoms with Gasteiger partial charge >= 0.3 is 0 Å². The second-order valence-electron chi connectivity index (χ2n) is 4.85. The van der Waals surface area contributed by atoms with Crippen molar-refractivity contribution in [1.82, 2.24) is 4.90 Å². The van der Waals surface area contributed by atoms with Crippen molar-refractivity contribution < 1.29 is 0 Å². The number of piperidine rings is 1. The van der Waals surface area contributed by atoms with Gasteiger partial charge in [0.25, 0.3) is 0 Å². The van der Waals surface area contributed by atoms with Gasteiger partial charge in [0, 0.05) is 25.2 Å². The summed E-state index contributed by atoms with van der Waals surface area (Å²) in [7, 11) is 0. The molecule has 0 aromatic carbocycles. The molecule has 2 aliphatic rings. The first-order valence-electron chi connectivity index (χ1n) is 5.73. The number of nitrogens with two attached hydrogens (primary N) is 1. The highest BCUT2D eigenvalue weighted by Gasteiger charge is 2.53. The molecule has 1 heterocycles. The summed E-state index contributed by atoms with van der Waals surface area (Å²) in [6.07, 6.45) is 4.06. The zero-order valence-electron chi connectivity index (χ0n) is 8.87. The van der Waals surface area contributed by atoms with Gasteiger partial charge in [-0.25, -0.2) is 0 Å². The largest absolute Gasteiger partial charge is 0.327 e. The summed E-state index contributed by atoms with van der Waals surface area (Å²) < 4.78 is 0. The minimum Gasteiger partial charge on any atom is -0.327 e. The number of unbranched alkanes of at least 4 members (excludes halogenated alkanes) is 1. The highest BCUT2D eigenvalue weighted by atomic mass is 15.2. The van der Waals surface area contributed by atoms with Crippen molar-refractivity contribution >= 4 is 0 Å². The van der Waals surface area contributed by atoms with Crippen LogP contribution in [0.2, 0.25) is 0 Å². The fourth-order valence-electron chi connectivity index (χ4n) is 2.65. The third-order valence-electron chi connectivity index (χ3n) is 3.89. The number of likely N-dealkylation sites (tertiary alicyclic amines) is 1. The van der Waals surface area contributed by atoms with Crippen LogP contribution in [0.4, 0.5) is 0 Å². The molecule has 13 heavy (non-hydrogen) atoms. The van der Waals surface area contributed by atoms with Crippen molar-refractivity contribution in [2.24, 2.45) is 17.6 Å². The van der Waals surface area contributed by atoms with Crippen molar-refractivity contribution in [3.63, 3.8) is 0 Å². The maximum Gasteiger partial charge on any atom is 0.0127 e. The Balaban J connectivity index is 1.71. The van der Waals surface area contributed by atoms with Crippen molar-refractivity contribution in [2.45, 2.75) is 45.2 Å². The highest BCUT2D eigenvalue weighted by Crippen LogP contribution is 2.44. The van der Waals surface area contributed by atoms with Gasteiger partial charge in [0.05, 0.1) is 0 Å². The van der Waals surface area contributed by atoms with Gasteiger partial charge in [-0.2, -0.15) is 0 Å². The average molecular weight is 182 g/mol. The molecule has 2 fully saturated rings. The molecule has 0 bridgehead atoms. The normalized spacial score (nSPS) is 40.4. The van der Waals surface area contributed by atoms with Gasteiger partial charge in [0.2, 0.25) is 0 Å². The standard InChI is InChI=1S/C11H22N2/c1-3-4-5-8(2)13-6-9-10(7-13)11(9)12/h8-11H,3-7,12H2,1-2H3/t8?,9-,10+,11?. The Labute approximate surface area is 81.5 Å². The molecule has 1 saturated heterocycles. The van der Waals surface area contributed by atoms with E-state index < -0.39 is 0 Å². The fourth-order valence-corrected chi connectivity index (χ4v) is 2.65. The average Bonchev–Trinajstić information content (AvgIpc) is 2.62. The summed E-state index contributed by atoms with van der Waals surface area (Å²) in [6.45, 7) is 7.18. The van der Waals surface area contributed by atoms with E-state index in [1.54, 1.807) is 0 Å². The molecule has 1 saturated carbocycles. The Bertz CT molecular complexity index is 169. The number of hydrogen-bond donors (Lipinski definition) is 1. The number of hydrogen-bond acceptors (Lipinski definition) is 2. The molecule has 2 unspecified atom stereocenters. The lowest BCUT2D eigenvalue weighted by molar-refractivity contribution is 0.216. The number of fused-ring (bicyclic) bond motifs is 1. The lowest BCUT2D eigenvalue weighted by Gasteiger charge is -2.26. The molecule has 2 nitrogen and oxygen atoms in total. The van der Waals surface area contributed by atoms with Gasteiger partial charge in [-0.1, -0.05) is 19.8 Å². The van der Waals surface area contributed by atoms with Crippen LogP contribution in [0.5, 0.6) is 0 Å². The van der Waals surface area contributed by atoms with E-state index in [2.05, 4.69) is 18.7 Å². The molecule has 2 rings (SSSR count). The predicted molar refractivity (Wildman–Crippen MR) is 55.5 cm³/mol. The Morgan fingerprint density at radius 2 is 2.00 bits per heavy atom. The van der Waals surface area contributed by atoms with Crippen molar-refractivity contribution in [3.8, 4) is 0 Å². The summed E-state index contributed by atoms with van der Waals surface area (Å²) in [6, 6.07) is 1.34. The summed E-state index contributed by atoms with van der Waals surface area (Å²) in [5, 5.41) is 0. The Morgan fingerprint density at radius 3 is 2.54 bits per heavy atom. The fraction of sp³-hybridized carbons (Fsp3) is 1.00.